The molecule has 0 radical (unpaired) electrons. The van der Waals surface area contributed by atoms with Gasteiger partial charge in [-0.2, -0.15) is 5.26 Å². The Morgan fingerprint density at radius 2 is 1.92 bits per heavy atom. The molecule has 0 aromatic heterocycles. The molecule has 0 aromatic rings. The predicted molar refractivity (Wildman–Crippen MR) is 147 cm³/mol. The van der Waals surface area contributed by atoms with Crippen LogP contribution in [0.3, 0.4) is 0 Å². The fraction of sp³-hybridized carbons (Fsp3) is 0.800. The third-order valence-corrected chi connectivity index (χ3v) is 15.0. The summed E-state index contributed by atoms with van der Waals surface area (Å²) in [7, 11) is -0.593. The van der Waals surface area contributed by atoms with Gasteiger partial charge >= 0.3 is 5.97 Å². The summed E-state index contributed by atoms with van der Waals surface area (Å²) in [6.07, 6.45) is 4.12. The number of rotatable bonds is 4. The zero-order chi connectivity index (χ0) is 28.4. The van der Waals surface area contributed by atoms with Crippen molar-refractivity contribution in [2.24, 2.45) is 35.5 Å². The van der Waals surface area contributed by atoms with Gasteiger partial charge in [0.05, 0.1) is 30.3 Å². The lowest BCUT2D eigenvalue weighted by Crippen LogP contribution is -2.56. The van der Waals surface area contributed by atoms with Crippen molar-refractivity contribution in [1.82, 2.24) is 0 Å². The van der Waals surface area contributed by atoms with Crippen LogP contribution in [0.5, 0.6) is 0 Å². The van der Waals surface area contributed by atoms with Crippen molar-refractivity contribution < 1.29 is 28.5 Å². The van der Waals surface area contributed by atoms with Gasteiger partial charge in [-0.15, -0.1) is 0 Å². The Morgan fingerprint density at radius 3 is 2.50 bits per heavy atom. The largest absolute Gasteiger partial charge is 0.457 e. The first-order valence-electron chi connectivity index (χ1n) is 14.1. The van der Waals surface area contributed by atoms with Crippen molar-refractivity contribution in [1.29, 1.82) is 5.26 Å². The first kappa shape index (κ1) is 29.5. The SMILES string of the molecule is CO[C@H]1CC2C=CC3[C@H]4O[C@]2(/C(C)=C/[C@@H](C)[C@@H]([C@@H](C)O[Si](C)(C)C(C)(C)C)OC1=O)[C@@H]3[C@H](O)C(C)[C@H]4C#N. The first-order chi connectivity index (χ1) is 17.6. The summed E-state index contributed by atoms with van der Waals surface area (Å²) in [5.74, 6) is -1.62. The summed E-state index contributed by atoms with van der Waals surface area (Å²) in [6.45, 7) is 19.1. The molecular weight excluding hydrogens is 498 g/mol. The highest BCUT2D eigenvalue weighted by atomic mass is 28.4. The van der Waals surface area contributed by atoms with Gasteiger partial charge in [0.15, 0.2) is 14.4 Å². The minimum absolute atomic E-state index is 0.0141. The fourth-order valence-corrected chi connectivity index (χ4v) is 8.67. The zero-order valence-electron chi connectivity index (χ0n) is 24.7. The number of hydrogen-bond acceptors (Lipinski definition) is 7. The van der Waals surface area contributed by atoms with Crippen LogP contribution in [-0.2, 0) is 23.4 Å². The molecule has 4 bridgehead atoms. The second-order valence-electron chi connectivity index (χ2n) is 13.6. The highest BCUT2D eigenvalue weighted by Gasteiger charge is 2.68. The molecule has 2 aliphatic carbocycles. The van der Waals surface area contributed by atoms with Gasteiger partial charge < -0.3 is 23.7 Å². The highest BCUT2D eigenvalue weighted by Crippen LogP contribution is 2.62. The minimum Gasteiger partial charge on any atom is -0.457 e. The number of cyclic esters (lactones) is 1. The molecule has 0 aromatic carbocycles. The van der Waals surface area contributed by atoms with Crippen LogP contribution in [-0.4, -0.2) is 62.6 Å². The van der Waals surface area contributed by atoms with Crippen molar-refractivity contribution in [2.45, 2.75) is 109 Å². The number of nitrogens with zero attached hydrogens (tertiary/aromatic N) is 1. The molecule has 3 unspecified atom stereocenters. The van der Waals surface area contributed by atoms with Gasteiger partial charge in [0.25, 0.3) is 0 Å². The molecule has 38 heavy (non-hydrogen) atoms. The standard InChI is InChI=1S/C30H47NO6Si/c1-16-13-17(2)30-20(11-12-21-24(30)25(32)18(3)22(15-31)27(21)36-30)14-23(34-8)28(33)35-26(16)19(4)37-38(9,10)29(5,6)7/h11-13,16,18-27,32H,14H2,1-10H3/b17-13+/t16-,18?,19-,20?,21?,22-,23+,24+,25-,26+,27-,30+/m1/s1. The second kappa shape index (κ2) is 10.2. The van der Waals surface area contributed by atoms with E-state index in [0.29, 0.717) is 6.42 Å². The third kappa shape index (κ3) is 4.52. The van der Waals surface area contributed by atoms with Crippen LogP contribution in [0, 0.1) is 46.8 Å². The number of methoxy groups -OCH3 is 1. The van der Waals surface area contributed by atoms with Gasteiger partial charge in [0.2, 0.25) is 0 Å². The maximum atomic E-state index is 13.5. The van der Waals surface area contributed by atoms with Gasteiger partial charge in [-0.05, 0) is 44.0 Å². The molecular formula is C30H47NO6Si. The molecule has 0 amide bonds. The van der Waals surface area contributed by atoms with Crippen LogP contribution in [0.25, 0.3) is 0 Å². The van der Waals surface area contributed by atoms with E-state index in [-0.39, 0.29) is 46.8 Å². The summed E-state index contributed by atoms with van der Waals surface area (Å²) < 4.78 is 25.5. The van der Waals surface area contributed by atoms with E-state index < -0.39 is 44.1 Å². The van der Waals surface area contributed by atoms with E-state index in [1.54, 1.807) is 0 Å². The van der Waals surface area contributed by atoms with Crippen LogP contribution >= 0.6 is 0 Å². The number of ether oxygens (including phenoxy) is 3. The number of carbonyl (C=O) groups excluding carboxylic acids is 1. The van der Waals surface area contributed by atoms with Crippen LogP contribution in [0.15, 0.2) is 23.8 Å². The van der Waals surface area contributed by atoms with E-state index >= 15 is 0 Å². The zero-order valence-corrected chi connectivity index (χ0v) is 25.7. The lowest BCUT2D eigenvalue weighted by atomic mass is 9.56. The van der Waals surface area contributed by atoms with E-state index in [1.807, 2.05) is 13.8 Å². The van der Waals surface area contributed by atoms with Crippen molar-refractivity contribution in [3.8, 4) is 6.07 Å². The number of aliphatic hydroxyl groups is 1. The van der Waals surface area contributed by atoms with E-state index in [1.165, 1.54) is 7.11 Å². The normalized spacial score (nSPS) is 45.3. The van der Waals surface area contributed by atoms with E-state index in [4.69, 9.17) is 18.6 Å². The van der Waals surface area contributed by atoms with Crippen molar-refractivity contribution >= 4 is 14.3 Å². The lowest BCUT2D eigenvalue weighted by Gasteiger charge is -2.48. The molecule has 8 heteroatoms. The van der Waals surface area contributed by atoms with Gasteiger partial charge in [-0.3, -0.25) is 0 Å². The van der Waals surface area contributed by atoms with E-state index in [2.05, 4.69) is 72.0 Å². The van der Waals surface area contributed by atoms with E-state index in [0.717, 1.165) is 5.57 Å². The first-order valence-corrected chi connectivity index (χ1v) is 17.0. The molecule has 2 aliphatic heterocycles. The van der Waals surface area contributed by atoms with Crippen LogP contribution in [0.2, 0.25) is 18.1 Å². The van der Waals surface area contributed by atoms with Crippen LogP contribution in [0.4, 0.5) is 0 Å². The molecule has 12 atom stereocenters. The van der Waals surface area contributed by atoms with Crippen molar-refractivity contribution in [2.75, 3.05) is 7.11 Å². The average molecular weight is 546 g/mol. The van der Waals surface area contributed by atoms with Crippen LogP contribution < -0.4 is 0 Å². The molecule has 1 saturated heterocycles. The number of esters is 1. The molecule has 1 saturated carbocycles. The Labute approximate surface area is 229 Å². The molecule has 1 N–H and O–H groups in total. The van der Waals surface area contributed by atoms with Gasteiger partial charge in [-0.25, -0.2) is 4.79 Å². The van der Waals surface area contributed by atoms with Gasteiger partial charge in [0, 0.05) is 36.7 Å². The van der Waals surface area contributed by atoms with Crippen LogP contribution in [0.1, 0.15) is 54.9 Å². The third-order valence-electron chi connectivity index (χ3n) is 10.4. The van der Waals surface area contributed by atoms with Crippen molar-refractivity contribution in [3.05, 3.63) is 23.8 Å². The summed E-state index contributed by atoms with van der Waals surface area (Å²) in [4.78, 5) is 13.5. The lowest BCUT2D eigenvalue weighted by molar-refractivity contribution is -0.171. The summed E-state index contributed by atoms with van der Waals surface area (Å²) >= 11 is 0. The molecule has 4 rings (SSSR count). The smallest absolute Gasteiger partial charge is 0.335 e. The summed E-state index contributed by atoms with van der Waals surface area (Å²) in [6, 6.07) is 2.42. The number of hydrogen-bond donors (Lipinski definition) is 1. The Morgan fingerprint density at radius 1 is 1.26 bits per heavy atom. The summed E-state index contributed by atoms with van der Waals surface area (Å²) in [5.41, 5.74) is 0.194. The molecule has 2 fully saturated rings. The maximum Gasteiger partial charge on any atom is 0.335 e. The Balaban J connectivity index is 1.79. The van der Waals surface area contributed by atoms with Gasteiger partial charge in [-0.1, -0.05) is 52.8 Å². The fourth-order valence-electron chi connectivity index (χ4n) is 7.26. The quantitative estimate of drug-likeness (QED) is 0.301. The monoisotopic (exact) mass is 545 g/mol. The number of carbonyl (C=O) groups is 1. The maximum absolute atomic E-state index is 13.5. The summed E-state index contributed by atoms with van der Waals surface area (Å²) in [5, 5.41) is 21.6. The second-order valence-corrected chi connectivity index (χ2v) is 18.4. The Bertz CT molecular complexity index is 1030. The van der Waals surface area contributed by atoms with E-state index in [9.17, 15) is 15.2 Å². The molecule has 212 valence electrons. The Kier molecular flexibility index (Phi) is 7.88. The molecule has 4 aliphatic rings. The van der Waals surface area contributed by atoms with Gasteiger partial charge in [0.1, 0.15) is 11.7 Å². The number of nitriles is 1. The average Bonchev–Trinajstić information content (AvgIpc) is 3.01. The minimum atomic E-state index is -2.13. The topological polar surface area (TPSA) is 98.0 Å². The highest BCUT2D eigenvalue weighted by molar-refractivity contribution is 6.74. The molecule has 1 spiro atoms. The Hall–Kier alpha value is -1.50. The van der Waals surface area contributed by atoms with Crippen molar-refractivity contribution in [3.63, 3.8) is 0 Å². The number of aliphatic hydroxyl groups excluding tert-OH is 1. The molecule has 7 nitrogen and oxygen atoms in total. The predicted octanol–water partition coefficient (Wildman–Crippen LogP) is 5.02. The molecule has 2 heterocycles.